The Balaban J connectivity index is 3.69. The van der Waals surface area contributed by atoms with Crippen LogP contribution in [0.2, 0.25) is 0 Å². The van der Waals surface area contributed by atoms with E-state index in [0.717, 1.165) is 51.9 Å². The van der Waals surface area contributed by atoms with Crippen molar-refractivity contribution in [2.24, 2.45) is 9.98 Å². The van der Waals surface area contributed by atoms with Crippen molar-refractivity contribution in [3.63, 3.8) is 0 Å². The summed E-state index contributed by atoms with van der Waals surface area (Å²) >= 11 is 0. The molecular formula is C16H29N3. The molecule has 0 spiro atoms. The van der Waals surface area contributed by atoms with Gasteiger partial charge in [0.15, 0.2) is 0 Å². The lowest BCUT2D eigenvalue weighted by Crippen LogP contribution is -2.21. The average Bonchev–Trinajstić information content (AvgIpc) is 2.43. The molecule has 0 aromatic carbocycles. The maximum atomic E-state index is 4.54. The Labute approximate surface area is 118 Å². The summed E-state index contributed by atoms with van der Waals surface area (Å²) in [6, 6.07) is 0. The van der Waals surface area contributed by atoms with Crippen molar-refractivity contribution in [2.75, 3.05) is 26.2 Å². The highest BCUT2D eigenvalue weighted by Gasteiger charge is 1.93. The van der Waals surface area contributed by atoms with Crippen LogP contribution in [0.1, 0.15) is 39.5 Å². The molecule has 0 fully saturated rings. The van der Waals surface area contributed by atoms with Crippen molar-refractivity contribution in [2.45, 2.75) is 39.5 Å². The Kier molecular flexibility index (Phi) is 12.4. The molecule has 0 amide bonds. The smallest absolute Gasteiger partial charge is 0.0513 e. The molecular weight excluding hydrogens is 234 g/mol. The highest BCUT2D eigenvalue weighted by Crippen LogP contribution is 1.94. The molecule has 108 valence electrons. The number of nitrogens with one attached hydrogen (secondary N) is 1. The molecule has 0 bridgehead atoms. The summed E-state index contributed by atoms with van der Waals surface area (Å²) in [5.41, 5.74) is 2.46. The second kappa shape index (κ2) is 13.2. The van der Waals surface area contributed by atoms with Crippen LogP contribution < -0.4 is 5.32 Å². The Hall–Kier alpha value is -1.22. The number of nitrogens with zero attached hydrogens (tertiary/aromatic N) is 2. The molecule has 0 aliphatic rings. The van der Waals surface area contributed by atoms with Gasteiger partial charge in [-0.1, -0.05) is 26.0 Å². The first-order valence-corrected chi connectivity index (χ1v) is 7.25. The lowest BCUT2D eigenvalue weighted by molar-refractivity contribution is 0.695. The van der Waals surface area contributed by atoms with Crippen LogP contribution in [0.4, 0.5) is 0 Å². The van der Waals surface area contributed by atoms with Gasteiger partial charge in [-0.05, 0) is 12.8 Å². The van der Waals surface area contributed by atoms with E-state index >= 15 is 0 Å². The van der Waals surface area contributed by atoms with Crippen LogP contribution in [-0.4, -0.2) is 37.6 Å². The first-order valence-electron chi connectivity index (χ1n) is 7.25. The molecule has 0 aliphatic heterocycles. The molecule has 0 unspecified atom stereocenters. The van der Waals surface area contributed by atoms with E-state index in [9.17, 15) is 0 Å². The van der Waals surface area contributed by atoms with E-state index in [1.54, 1.807) is 0 Å². The summed E-state index contributed by atoms with van der Waals surface area (Å²) < 4.78 is 0. The molecule has 0 saturated carbocycles. The topological polar surface area (TPSA) is 36.8 Å². The lowest BCUT2D eigenvalue weighted by Gasteiger charge is -2.04. The molecule has 0 heterocycles. The van der Waals surface area contributed by atoms with Crippen LogP contribution in [0.5, 0.6) is 0 Å². The molecule has 0 aromatic heterocycles. The van der Waals surface area contributed by atoms with E-state index < -0.39 is 0 Å². The number of rotatable bonds is 12. The van der Waals surface area contributed by atoms with Gasteiger partial charge >= 0.3 is 0 Å². The van der Waals surface area contributed by atoms with Gasteiger partial charge in [0, 0.05) is 37.4 Å². The third kappa shape index (κ3) is 10.4. The Morgan fingerprint density at radius 3 is 1.63 bits per heavy atom. The van der Waals surface area contributed by atoms with Crippen molar-refractivity contribution in [3.05, 3.63) is 25.3 Å². The predicted octanol–water partition coefficient (Wildman–Crippen LogP) is 3.43. The minimum atomic E-state index is 0.841. The third-order valence-electron chi connectivity index (χ3n) is 2.82. The van der Waals surface area contributed by atoms with Gasteiger partial charge in [0.2, 0.25) is 0 Å². The fraction of sp³-hybridized carbons (Fsp3) is 0.625. The first-order chi connectivity index (χ1) is 9.28. The zero-order valence-electron chi connectivity index (χ0n) is 12.6. The van der Waals surface area contributed by atoms with Crippen LogP contribution in [-0.2, 0) is 0 Å². The molecule has 0 atom stereocenters. The van der Waals surface area contributed by atoms with Crippen LogP contribution in [0.3, 0.4) is 0 Å². The fourth-order valence-electron chi connectivity index (χ4n) is 1.69. The van der Waals surface area contributed by atoms with E-state index in [2.05, 4.69) is 42.3 Å². The maximum absolute atomic E-state index is 4.54. The van der Waals surface area contributed by atoms with Gasteiger partial charge in [-0.2, -0.15) is 0 Å². The third-order valence-corrected chi connectivity index (χ3v) is 2.82. The molecule has 0 saturated heterocycles. The van der Waals surface area contributed by atoms with E-state index in [4.69, 9.17) is 0 Å². The van der Waals surface area contributed by atoms with Crippen molar-refractivity contribution < 1.29 is 0 Å². The monoisotopic (exact) mass is 263 g/mol. The summed E-state index contributed by atoms with van der Waals surface area (Å²) in [7, 11) is 0. The molecule has 1 N–H and O–H groups in total. The number of hydrogen-bond donors (Lipinski definition) is 1. The van der Waals surface area contributed by atoms with E-state index in [1.807, 2.05) is 12.2 Å². The zero-order chi connectivity index (χ0) is 14.3. The molecule has 0 aromatic rings. The van der Waals surface area contributed by atoms with Gasteiger partial charge in [0.05, 0.1) is 13.1 Å². The highest BCUT2D eigenvalue weighted by molar-refractivity contribution is 5.85. The summed E-state index contributed by atoms with van der Waals surface area (Å²) in [6.45, 7) is 15.3. The van der Waals surface area contributed by atoms with Crippen molar-refractivity contribution >= 4 is 11.4 Å². The van der Waals surface area contributed by atoms with Crippen molar-refractivity contribution in [1.82, 2.24) is 5.32 Å². The van der Waals surface area contributed by atoms with Gasteiger partial charge in [0.25, 0.3) is 0 Å². The minimum absolute atomic E-state index is 0.841. The summed E-state index contributed by atoms with van der Waals surface area (Å²) in [4.78, 5) is 9.09. The first kappa shape index (κ1) is 17.8. The minimum Gasteiger partial charge on any atom is -0.313 e. The lowest BCUT2D eigenvalue weighted by atomic mass is 10.2. The Morgan fingerprint density at radius 1 is 0.895 bits per heavy atom. The second-order valence-corrected chi connectivity index (χ2v) is 4.34. The summed E-state index contributed by atoms with van der Waals surface area (Å²) in [6.07, 6.45) is 7.66. The largest absolute Gasteiger partial charge is 0.313 e. The van der Waals surface area contributed by atoms with Gasteiger partial charge in [0.1, 0.15) is 0 Å². The van der Waals surface area contributed by atoms with Crippen LogP contribution >= 0.6 is 0 Å². The predicted molar refractivity (Wildman–Crippen MR) is 87.7 cm³/mol. The molecule has 3 heteroatoms. The quantitative estimate of drug-likeness (QED) is 0.327. The van der Waals surface area contributed by atoms with Gasteiger partial charge in [-0.25, -0.2) is 0 Å². The van der Waals surface area contributed by atoms with Gasteiger partial charge in [-0.3, -0.25) is 9.98 Å². The molecule has 0 aliphatic carbocycles. The van der Waals surface area contributed by atoms with Crippen molar-refractivity contribution in [1.29, 1.82) is 0 Å². The highest BCUT2D eigenvalue weighted by atomic mass is 14.9. The SMILES string of the molecule is C=CCC(CC)=NCCNCCN=C(CC)CC=C. The molecule has 3 nitrogen and oxygen atoms in total. The summed E-state index contributed by atoms with van der Waals surface area (Å²) in [5, 5.41) is 3.36. The van der Waals surface area contributed by atoms with Crippen LogP contribution in [0.15, 0.2) is 35.3 Å². The van der Waals surface area contributed by atoms with E-state index in [-0.39, 0.29) is 0 Å². The summed E-state index contributed by atoms with van der Waals surface area (Å²) in [5.74, 6) is 0. The normalized spacial score (nSPS) is 12.5. The van der Waals surface area contributed by atoms with Gasteiger partial charge in [-0.15, -0.1) is 13.2 Å². The van der Waals surface area contributed by atoms with Crippen molar-refractivity contribution in [3.8, 4) is 0 Å². The van der Waals surface area contributed by atoms with E-state index in [0.29, 0.717) is 0 Å². The van der Waals surface area contributed by atoms with Crippen LogP contribution in [0, 0.1) is 0 Å². The second-order valence-electron chi connectivity index (χ2n) is 4.34. The van der Waals surface area contributed by atoms with E-state index in [1.165, 1.54) is 11.4 Å². The van der Waals surface area contributed by atoms with Crippen LogP contribution in [0.25, 0.3) is 0 Å². The molecule has 0 radical (unpaired) electrons. The number of hydrogen-bond acceptors (Lipinski definition) is 3. The Morgan fingerprint density at radius 2 is 1.32 bits per heavy atom. The molecule has 0 rings (SSSR count). The number of allylic oxidation sites excluding steroid dienone is 2. The average molecular weight is 263 g/mol. The zero-order valence-corrected chi connectivity index (χ0v) is 12.6. The standard InChI is InChI=1S/C16H29N3/c1-5-9-15(7-3)18-13-11-17-12-14-19-16(8-4)10-6-2/h5-6,17H,1-2,7-14H2,3-4H3. The number of aliphatic imine (C=N–C) groups is 2. The fourth-order valence-corrected chi connectivity index (χ4v) is 1.69. The van der Waals surface area contributed by atoms with Gasteiger partial charge < -0.3 is 5.32 Å². The molecule has 19 heavy (non-hydrogen) atoms. The maximum Gasteiger partial charge on any atom is 0.0513 e. The Bertz CT molecular complexity index is 273.